The van der Waals surface area contributed by atoms with Gasteiger partial charge >= 0.3 is 0 Å². The van der Waals surface area contributed by atoms with Gasteiger partial charge in [0.2, 0.25) is 11.9 Å². The second-order valence-corrected chi connectivity index (χ2v) is 39.6. The number of nitrogens with zero attached hydrogens (tertiary/aromatic N) is 12. The van der Waals surface area contributed by atoms with Gasteiger partial charge in [0.1, 0.15) is 63.5 Å². The zero-order valence-corrected chi connectivity index (χ0v) is 76.9. The molecule has 4 amide bonds. The first-order chi connectivity index (χ1) is 63.0. The number of carbonyl (C=O) groups excluding carboxylic acids is 4. The maximum atomic E-state index is 13.0. The molecule has 0 spiro atoms. The molecule has 10 aliphatic rings. The number of hydrogen-bond acceptors (Lipinski definition) is 32. The van der Waals surface area contributed by atoms with Crippen LogP contribution >= 0.6 is 45.3 Å². The molecule has 10 aromatic heterocycles. The monoisotopic (exact) mass is 1830 g/mol. The molecule has 16 N–H and O–H groups in total. The fraction of sp³-hybridized carbons (Fsp3) is 0.447. The standard InChI is InChI=1S/2C25H28N4O3S.2C22H27N7O2S/c2*1-14-5-8-18-22(26)23(33-25(18)27-14)24(30)28-16-11-15-6-7-17(12-21(15)32-13-16)29-9-10-31-20-4-2-3-19(20)29;2*1-11-3-5-14-18(24)19(32-21(14)26-11)20(30)27-13-4-6-16-12(7-13)8-25-22(28-16)29-9-15(23)17(10-29)31-2/h2*5-8,12,16,19-20H,2-4,9-11,13,26H2,1H3,(H,28,30);2*3,5,8,13,15,17H,4,6-7,9-10,23-24H2,1-2H3,(H,27,30)/t16-,19+,20-;16-,19-,20+;13-,15+,17+;13-,15-,17-/m1110/s1. The van der Waals surface area contributed by atoms with Crippen molar-refractivity contribution >= 4 is 156 Å². The van der Waals surface area contributed by atoms with E-state index in [9.17, 15) is 19.2 Å². The molecule has 12 aromatic rings. The zero-order valence-electron chi connectivity index (χ0n) is 73.7. The Hall–Kier alpha value is -11.3. The lowest BCUT2D eigenvalue weighted by Crippen LogP contribution is -2.48. The van der Waals surface area contributed by atoms with E-state index in [1.165, 1.54) is 82.4 Å². The van der Waals surface area contributed by atoms with Gasteiger partial charge in [-0.25, -0.2) is 39.9 Å². The smallest absolute Gasteiger partial charge is 0.263 e. The van der Waals surface area contributed by atoms with Crippen LogP contribution in [0.2, 0.25) is 0 Å². The molecule has 0 radical (unpaired) electrons. The number of hydrogen-bond donors (Lipinski definition) is 10. The van der Waals surface area contributed by atoms with Gasteiger partial charge in [-0.1, -0.05) is 12.1 Å². The van der Waals surface area contributed by atoms with E-state index in [-0.39, 0.29) is 72.1 Å². The molecular weight excluding hydrogens is 1730 g/mol. The Labute approximate surface area is 768 Å². The molecule has 12 atom stereocenters. The number of ether oxygens (including phenoxy) is 6. The lowest BCUT2D eigenvalue weighted by atomic mass is 9.93. The van der Waals surface area contributed by atoms with Crippen LogP contribution in [0.3, 0.4) is 0 Å². The van der Waals surface area contributed by atoms with Gasteiger partial charge < -0.3 is 104 Å². The van der Waals surface area contributed by atoms with E-state index in [1.807, 2.05) is 88.6 Å². The predicted molar refractivity (Wildman–Crippen MR) is 511 cm³/mol. The van der Waals surface area contributed by atoms with Crippen LogP contribution in [-0.4, -0.2) is 216 Å². The van der Waals surface area contributed by atoms with E-state index in [2.05, 4.69) is 107 Å². The van der Waals surface area contributed by atoms with Crippen molar-refractivity contribution in [3.05, 3.63) is 173 Å². The van der Waals surface area contributed by atoms with Crippen molar-refractivity contribution in [2.24, 2.45) is 11.5 Å². The first-order valence-corrected chi connectivity index (χ1v) is 48.2. The number of fused-ring (bicyclic) bond motifs is 10. The number of benzene rings is 2. The van der Waals surface area contributed by atoms with Crippen molar-refractivity contribution < 1.29 is 47.6 Å². The molecule has 2 saturated carbocycles. The van der Waals surface area contributed by atoms with Crippen LogP contribution in [0.1, 0.15) is 146 Å². The molecular formula is C94H110N22O10S4. The van der Waals surface area contributed by atoms with Gasteiger partial charge in [-0.15, -0.1) is 45.3 Å². The van der Waals surface area contributed by atoms with Crippen molar-refractivity contribution in [2.75, 3.05) is 122 Å². The Morgan fingerprint density at radius 2 is 0.769 bits per heavy atom. The second kappa shape index (κ2) is 37.5. The van der Waals surface area contributed by atoms with E-state index in [0.717, 1.165) is 186 Å². The average Bonchev–Trinajstić information content (AvgIpc) is 1.59. The number of rotatable bonds is 14. The third-order valence-corrected chi connectivity index (χ3v) is 31.2. The van der Waals surface area contributed by atoms with Crippen LogP contribution < -0.4 is 84.7 Å². The quantitative estimate of drug-likeness (QED) is 0.0483. The van der Waals surface area contributed by atoms with Crippen molar-refractivity contribution in [1.82, 2.24) is 61.1 Å². The summed E-state index contributed by atoms with van der Waals surface area (Å²) < 4.78 is 35.0. The zero-order chi connectivity index (χ0) is 89.9. The van der Waals surface area contributed by atoms with E-state index >= 15 is 0 Å². The van der Waals surface area contributed by atoms with E-state index < -0.39 is 0 Å². The normalized spacial score (nSPS) is 23.6. The summed E-state index contributed by atoms with van der Waals surface area (Å²) in [5.41, 5.74) is 51.8. The third kappa shape index (κ3) is 18.2. The fourth-order valence-corrected chi connectivity index (χ4v) is 23.9. The van der Waals surface area contributed by atoms with Gasteiger partial charge in [-0.2, -0.15) is 0 Å². The highest BCUT2D eigenvalue weighted by Gasteiger charge is 2.41. The number of aryl methyl sites for hydroxylation is 6. The van der Waals surface area contributed by atoms with E-state index in [4.69, 9.17) is 72.8 Å². The number of carbonyl (C=O) groups is 4. The Balaban J connectivity index is 0.000000112. The molecule has 32 nitrogen and oxygen atoms in total. The highest BCUT2D eigenvalue weighted by atomic mass is 32.1. The van der Waals surface area contributed by atoms with Crippen molar-refractivity contribution in [2.45, 2.75) is 190 Å². The molecule has 2 aromatic carbocycles. The molecule has 4 aliphatic carbocycles. The summed E-state index contributed by atoms with van der Waals surface area (Å²) in [6.07, 6.45) is 17.7. The lowest BCUT2D eigenvalue weighted by Gasteiger charge is -2.40. The van der Waals surface area contributed by atoms with Crippen molar-refractivity contribution in [3.8, 4) is 11.5 Å². The molecule has 0 bridgehead atoms. The first kappa shape index (κ1) is 88.0. The van der Waals surface area contributed by atoms with Gasteiger partial charge in [0.15, 0.2) is 0 Å². The van der Waals surface area contributed by atoms with E-state index in [0.29, 0.717) is 131 Å². The summed E-state index contributed by atoms with van der Waals surface area (Å²) in [6, 6.07) is 29.0. The molecule has 16 heterocycles. The number of nitrogens with one attached hydrogen (secondary N) is 4. The number of nitrogen functional groups attached to an aromatic ring is 4. The largest absolute Gasteiger partial charge is 0.491 e. The summed E-state index contributed by atoms with van der Waals surface area (Å²) in [5, 5.41) is 15.8. The minimum absolute atomic E-state index is 0.00493. The van der Waals surface area contributed by atoms with Gasteiger partial charge in [-0.05, 0) is 201 Å². The van der Waals surface area contributed by atoms with Crippen LogP contribution in [0.5, 0.6) is 11.5 Å². The number of morpholine rings is 2. The number of thiophene rings is 4. The molecule has 6 fully saturated rings. The number of nitrogens with two attached hydrogens (primary N) is 6. The van der Waals surface area contributed by atoms with Crippen LogP contribution in [0, 0.1) is 27.7 Å². The predicted octanol–water partition coefficient (Wildman–Crippen LogP) is 10.2. The van der Waals surface area contributed by atoms with Gasteiger partial charge in [-0.3, -0.25) is 19.2 Å². The highest BCUT2D eigenvalue weighted by molar-refractivity contribution is 7.22. The molecule has 680 valence electrons. The third-order valence-electron chi connectivity index (χ3n) is 26.7. The fourth-order valence-electron chi connectivity index (χ4n) is 19.8. The first-order valence-electron chi connectivity index (χ1n) is 44.9. The van der Waals surface area contributed by atoms with Crippen molar-refractivity contribution in [3.63, 3.8) is 0 Å². The van der Waals surface area contributed by atoms with Gasteiger partial charge in [0.25, 0.3) is 23.6 Å². The maximum absolute atomic E-state index is 13.0. The van der Waals surface area contributed by atoms with E-state index in [1.54, 1.807) is 14.2 Å². The molecule has 0 unspecified atom stereocenters. The molecule has 22 rings (SSSR count). The number of pyridine rings is 4. The number of amides is 4. The minimum atomic E-state index is -0.164. The average molecular weight is 1840 g/mol. The minimum Gasteiger partial charge on any atom is -0.491 e. The molecule has 6 aliphatic heterocycles. The summed E-state index contributed by atoms with van der Waals surface area (Å²) in [6.45, 7) is 14.8. The summed E-state index contributed by atoms with van der Waals surface area (Å²) in [4.78, 5) is 103. The summed E-state index contributed by atoms with van der Waals surface area (Å²) in [5.74, 6) is 2.60. The Bertz CT molecular complexity index is 5930. The van der Waals surface area contributed by atoms with Crippen LogP contribution in [0.4, 0.5) is 46.0 Å². The number of anilines is 8. The molecule has 36 heteroatoms. The topological polar surface area (TPSA) is 444 Å². The number of methoxy groups -OCH3 is 2. The van der Waals surface area contributed by atoms with Crippen LogP contribution in [-0.2, 0) is 57.5 Å². The number of aromatic nitrogens is 8. The Morgan fingerprint density at radius 3 is 1.12 bits per heavy atom. The SMILES string of the molecule is CO[C@H]1CN(c2ncc3c(n2)CC[C@@H](NC(=O)c2sc4nc(C)ccc4c2N)C3)C[C@@H]1N.CO[C@H]1CN(c2ncc3c(n2)CC[C@H](NC(=O)c2sc4nc(C)ccc4c2N)C3)C[C@@H]1N.Cc1ccc2c(N)c(C(=O)N[C@H]3COc4cc(N5CCO[C@@H]6CCC[C@@H]65)ccc4C3)sc2n1.Cc1ccc2c(N)c(C(=O)N[C@H]3COc4cc(N5CCO[C@H]6CCC[C@H]65)ccc4C3)sc2n1. The van der Waals surface area contributed by atoms with Gasteiger partial charge in [0, 0.05) is 157 Å². The second-order valence-electron chi connectivity index (χ2n) is 35.6. The molecule has 130 heavy (non-hydrogen) atoms. The summed E-state index contributed by atoms with van der Waals surface area (Å²) in [7, 11) is 3.36. The van der Waals surface area contributed by atoms with Crippen LogP contribution in [0.25, 0.3) is 40.9 Å². The van der Waals surface area contributed by atoms with Gasteiger partial charge in [0.05, 0.1) is 96.6 Å². The van der Waals surface area contributed by atoms with Crippen LogP contribution in [0.15, 0.2) is 97.3 Å². The highest BCUT2D eigenvalue weighted by Crippen LogP contribution is 2.43. The molecule has 4 saturated heterocycles. The van der Waals surface area contributed by atoms with Crippen molar-refractivity contribution in [1.29, 1.82) is 0 Å². The Morgan fingerprint density at radius 1 is 0.423 bits per heavy atom. The summed E-state index contributed by atoms with van der Waals surface area (Å²) >= 11 is 5.36. The lowest BCUT2D eigenvalue weighted by molar-refractivity contribution is 0.0255. The maximum Gasteiger partial charge on any atom is 0.263 e. The Kier molecular flexibility index (Phi) is 25.4.